The van der Waals surface area contributed by atoms with E-state index in [-0.39, 0.29) is 0 Å². The van der Waals surface area contributed by atoms with E-state index in [2.05, 4.69) is 0 Å². The molecule has 0 amide bonds. The lowest BCUT2D eigenvalue weighted by atomic mass is 10.00. The van der Waals surface area contributed by atoms with Gasteiger partial charge in [0.1, 0.15) is 0 Å². The fourth-order valence-electron chi connectivity index (χ4n) is 2.15. The number of rotatable bonds is 6. The molecule has 2 aromatic rings. The lowest BCUT2D eigenvalue weighted by Gasteiger charge is -2.14. The molecule has 0 aliphatic carbocycles. The average molecular weight is 258 g/mol. The molecule has 0 spiro atoms. The van der Waals surface area contributed by atoms with Gasteiger partial charge in [-0.25, -0.2) is 4.79 Å². The molecule has 0 radical (unpaired) electrons. The molecule has 3 heteroatoms. The van der Waals surface area contributed by atoms with Crippen LogP contribution in [-0.2, 0) is 16.0 Å². The number of carboxylic acids is 1. The number of hydrogen-bond acceptors (Lipinski definition) is 2. The SMILES string of the molecule is CCCO[C@H](Cc1cccc2ccccc12)C(=O)O. The number of fused-ring (bicyclic) bond motifs is 1. The van der Waals surface area contributed by atoms with E-state index in [0.29, 0.717) is 13.0 Å². The summed E-state index contributed by atoms with van der Waals surface area (Å²) in [7, 11) is 0. The van der Waals surface area contributed by atoms with Gasteiger partial charge in [0.25, 0.3) is 0 Å². The van der Waals surface area contributed by atoms with E-state index in [1.54, 1.807) is 0 Å². The molecule has 0 heterocycles. The summed E-state index contributed by atoms with van der Waals surface area (Å²) in [5, 5.41) is 11.4. The molecule has 100 valence electrons. The largest absolute Gasteiger partial charge is 0.479 e. The van der Waals surface area contributed by atoms with Crippen molar-refractivity contribution < 1.29 is 14.6 Å². The van der Waals surface area contributed by atoms with Gasteiger partial charge in [0, 0.05) is 13.0 Å². The Balaban J connectivity index is 2.26. The van der Waals surface area contributed by atoms with Gasteiger partial charge in [0.15, 0.2) is 6.10 Å². The summed E-state index contributed by atoms with van der Waals surface area (Å²) in [5.41, 5.74) is 1.02. The average Bonchev–Trinajstić information content (AvgIpc) is 2.43. The Labute approximate surface area is 112 Å². The highest BCUT2D eigenvalue weighted by molar-refractivity contribution is 5.86. The standard InChI is InChI=1S/C16H18O3/c1-2-10-19-15(16(17)18)11-13-8-5-7-12-6-3-4-9-14(12)13/h3-9,15H,2,10-11H2,1H3,(H,17,18)/t15-/m1/s1. The van der Waals surface area contributed by atoms with Crippen LogP contribution in [0.1, 0.15) is 18.9 Å². The molecule has 0 aliphatic rings. The van der Waals surface area contributed by atoms with E-state index in [0.717, 1.165) is 22.8 Å². The summed E-state index contributed by atoms with van der Waals surface area (Å²) in [6.45, 7) is 2.44. The van der Waals surface area contributed by atoms with E-state index >= 15 is 0 Å². The molecule has 0 bridgehead atoms. The van der Waals surface area contributed by atoms with Gasteiger partial charge in [-0.1, -0.05) is 49.4 Å². The fraction of sp³-hybridized carbons (Fsp3) is 0.312. The molecular weight excluding hydrogens is 240 g/mol. The van der Waals surface area contributed by atoms with Crippen LogP contribution in [0.3, 0.4) is 0 Å². The summed E-state index contributed by atoms with van der Waals surface area (Å²) >= 11 is 0. The number of ether oxygens (including phenoxy) is 1. The molecular formula is C16H18O3. The third-order valence-electron chi connectivity index (χ3n) is 3.08. The van der Waals surface area contributed by atoms with Crippen LogP contribution in [0, 0.1) is 0 Å². The normalized spacial score (nSPS) is 12.5. The van der Waals surface area contributed by atoms with Gasteiger partial charge in [-0.05, 0) is 22.8 Å². The van der Waals surface area contributed by atoms with Crippen molar-refractivity contribution in [2.75, 3.05) is 6.61 Å². The van der Waals surface area contributed by atoms with Crippen LogP contribution in [0.2, 0.25) is 0 Å². The second-order valence-corrected chi connectivity index (χ2v) is 4.54. The molecule has 0 saturated heterocycles. The maximum atomic E-state index is 11.2. The lowest BCUT2D eigenvalue weighted by molar-refractivity contribution is -0.150. The van der Waals surface area contributed by atoms with Crippen LogP contribution in [0.15, 0.2) is 42.5 Å². The number of aliphatic carboxylic acids is 1. The summed E-state index contributed by atoms with van der Waals surface area (Å²) in [6, 6.07) is 13.9. The van der Waals surface area contributed by atoms with Gasteiger partial charge >= 0.3 is 5.97 Å². The van der Waals surface area contributed by atoms with Crippen LogP contribution in [0.25, 0.3) is 10.8 Å². The molecule has 0 unspecified atom stereocenters. The Morgan fingerprint density at radius 1 is 1.21 bits per heavy atom. The van der Waals surface area contributed by atoms with Crippen molar-refractivity contribution >= 4 is 16.7 Å². The molecule has 19 heavy (non-hydrogen) atoms. The summed E-state index contributed by atoms with van der Waals surface area (Å²) in [6.07, 6.45) is 0.446. The monoisotopic (exact) mass is 258 g/mol. The second kappa shape index (κ2) is 6.34. The van der Waals surface area contributed by atoms with Gasteiger partial charge in [-0.2, -0.15) is 0 Å². The first-order chi connectivity index (χ1) is 9.22. The Morgan fingerprint density at radius 2 is 1.95 bits per heavy atom. The van der Waals surface area contributed by atoms with Crippen molar-refractivity contribution in [1.82, 2.24) is 0 Å². The van der Waals surface area contributed by atoms with Crippen molar-refractivity contribution in [2.45, 2.75) is 25.9 Å². The molecule has 2 aromatic carbocycles. The summed E-state index contributed by atoms with van der Waals surface area (Å²) in [5.74, 6) is -0.901. The number of benzene rings is 2. The molecule has 0 fully saturated rings. The first-order valence-corrected chi connectivity index (χ1v) is 6.53. The molecule has 0 saturated carbocycles. The Bertz CT molecular complexity index is 557. The summed E-state index contributed by atoms with van der Waals surface area (Å²) < 4.78 is 5.41. The topological polar surface area (TPSA) is 46.5 Å². The van der Waals surface area contributed by atoms with Crippen LogP contribution in [0.5, 0.6) is 0 Å². The van der Waals surface area contributed by atoms with Gasteiger partial charge in [0.2, 0.25) is 0 Å². The predicted molar refractivity (Wildman–Crippen MR) is 75.3 cm³/mol. The molecule has 1 atom stereocenters. The zero-order valence-electron chi connectivity index (χ0n) is 11.0. The molecule has 0 aliphatic heterocycles. The summed E-state index contributed by atoms with van der Waals surface area (Å²) in [4.78, 5) is 11.2. The zero-order chi connectivity index (χ0) is 13.7. The van der Waals surface area contributed by atoms with Gasteiger partial charge in [-0.15, -0.1) is 0 Å². The number of hydrogen-bond donors (Lipinski definition) is 1. The lowest BCUT2D eigenvalue weighted by Crippen LogP contribution is -2.26. The predicted octanol–water partition coefficient (Wildman–Crippen LogP) is 3.26. The molecule has 2 rings (SSSR count). The Kier molecular flexibility index (Phi) is 4.53. The van der Waals surface area contributed by atoms with Crippen molar-refractivity contribution in [3.05, 3.63) is 48.0 Å². The Morgan fingerprint density at radius 3 is 2.68 bits per heavy atom. The maximum absolute atomic E-state index is 11.2. The molecule has 3 nitrogen and oxygen atoms in total. The molecule has 0 aromatic heterocycles. The van der Waals surface area contributed by atoms with Crippen molar-refractivity contribution in [3.63, 3.8) is 0 Å². The van der Waals surface area contributed by atoms with E-state index in [9.17, 15) is 9.90 Å². The van der Waals surface area contributed by atoms with Gasteiger partial charge in [-0.3, -0.25) is 0 Å². The fourth-order valence-corrected chi connectivity index (χ4v) is 2.15. The van der Waals surface area contributed by atoms with Crippen molar-refractivity contribution in [1.29, 1.82) is 0 Å². The maximum Gasteiger partial charge on any atom is 0.333 e. The number of carbonyl (C=O) groups is 1. The first-order valence-electron chi connectivity index (χ1n) is 6.53. The molecule has 1 N–H and O–H groups in total. The third-order valence-corrected chi connectivity index (χ3v) is 3.08. The van der Waals surface area contributed by atoms with Gasteiger partial charge in [0.05, 0.1) is 0 Å². The highest BCUT2D eigenvalue weighted by atomic mass is 16.5. The third kappa shape index (κ3) is 3.32. The van der Waals surface area contributed by atoms with E-state index in [4.69, 9.17) is 4.74 Å². The minimum atomic E-state index is -0.901. The minimum Gasteiger partial charge on any atom is -0.479 e. The minimum absolute atomic E-state index is 0.399. The van der Waals surface area contributed by atoms with Crippen molar-refractivity contribution in [3.8, 4) is 0 Å². The first kappa shape index (κ1) is 13.6. The zero-order valence-corrected chi connectivity index (χ0v) is 11.0. The quantitative estimate of drug-likeness (QED) is 0.865. The van der Waals surface area contributed by atoms with Crippen LogP contribution in [-0.4, -0.2) is 23.8 Å². The van der Waals surface area contributed by atoms with E-state index in [1.807, 2.05) is 49.4 Å². The van der Waals surface area contributed by atoms with Crippen LogP contribution < -0.4 is 0 Å². The Hall–Kier alpha value is -1.87. The van der Waals surface area contributed by atoms with Gasteiger partial charge < -0.3 is 9.84 Å². The second-order valence-electron chi connectivity index (χ2n) is 4.54. The highest BCUT2D eigenvalue weighted by Gasteiger charge is 2.19. The number of carboxylic acid groups (broad SMARTS) is 1. The highest BCUT2D eigenvalue weighted by Crippen LogP contribution is 2.20. The van der Waals surface area contributed by atoms with E-state index < -0.39 is 12.1 Å². The van der Waals surface area contributed by atoms with E-state index in [1.165, 1.54) is 0 Å². The van der Waals surface area contributed by atoms with Crippen molar-refractivity contribution in [2.24, 2.45) is 0 Å². The van der Waals surface area contributed by atoms with Crippen LogP contribution >= 0.6 is 0 Å². The van der Waals surface area contributed by atoms with Crippen LogP contribution in [0.4, 0.5) is 0 Å². The smallest absolute Gasteiger partial charge is 0.333 e.